The Labute approximate surface area is 215 Å². The number of likely N-dealkylation sites (N-methyl/N-ethyl adjacent to an activating group) is 1. The van der Waals surface area contributed by atoms with Crippen molar-refractivity contribution < 1.29 is 18.0 Å². The summed E-state index contributed by atoms with van der Waals surface area (Å²) < 4.78 is 42.0. The zero-order valence-corrected chi connectivity index (χ0v) is 21.7. The smallest absolute Gasteiger partial charge is 0.397 e. The third kappa shape index (κ3) is 8.36. The van der Waals surface area contributed by atoms with Crippen molar-refractivity contribution in [3.8, 4) is 0 Å². The average molecular weight is 518 g/mol. The molecule has 0 aliphatic carbocycles. The van der Waals surface area contributed by atoms with Gasteiger partial charge in [0, 0.05) is 36.7 Å². The largest absolute Gasteiger partial charge is 0.416 e. The van der Waals surface area contributed by atoms with Gasteiger partial charge in [-0.25, -0.2) is 5.84 Å². The standard InChI is InChI=1S/C26H34F3N7O/c1-7-21(14-20(26(27,28)29)10-11-34(4)5)33-25(37)13-19-9-8-17(2)24(12-19)36(31)16-23(30)22-15-32-35(6)18(22)3/h7-10,12,14-16H,1,11,13,30-31H2,2-6H3,(H,33,37)/b20-10+,21-14+,23-16-. The summed E-state index contributed by atoms with van der Waals surface area (Å²) in [6.07, 6.45) is 1.63. The fraction of sp³-hybridized carbons (Fsp3) is 0.308. The van der Waals surface area contributed by atoms with Crippen LogP contribution in [-0.2, 0) is 18.3 Å². The van der Waals surface area contributed by atoms with E-state index in [0.717, 1.165) is 29.0 Å². The average Bonchev–Trinajstić information content (AvgIpc) is 3.14. The molecule has 2 rings (SSSR count). The molecule has 37 heavy (non-hydrogen) atoms. The Hall–Kier alpha value is -3.83. The molecule has 0 saturated heterocycles. The van der Waals surface area contributed by atoms with Crippen LogP contribution >= 0.6 is 0 Å². The third-order valence-electron chi connectivity index (χ3n) is 5.56. The first-order chi connectivity index (χ1) is 17.2. The molecule has 0 radical (unpaired) electrons. The van der Waals surface area contributed by atoms with Crippen molar-refractivity contribution in [2.45, 2.75) is 26.4 Å². The van der Waals surface area contributed by atoms with Crippen LogP contribution in [0.25, 0.3) is 5.70 Å². The van der Waals surface area contributed by atoms with Crippen LogP contribution in [0.4, 0.5) is 18.9 Å². The lowest BCUT2D eigenvalue weighted by atomic mass is 10.1. The Kier molecular flexibility index (Phi) is 9.87. The van der Waals surface area contributed by atoms with E-state index in [-0.39, 0.29) is 18.7 Å². The van der Waals surface area contributed by atoms with Crippen molar-refractivity contribution in [2.75, 3.05) is 25.6 Å². The molecule has 0 aliphatic heterocycles. The number of halogens is 3. The van der Waals surface area contributed by atoms with E-state index in [4.69, 9.17) is 11.6 Å². The van der Waals surface area contributed by atoms with Gasteiger partial charge < -0.3 is 16.0 Å². The van der Waals surface area contributed by atoms with Gasteiger partial charge >= 0.3 is 6.18 Å². The lowest BCUT2D eigenvalue weighted by molar-refractivity contribution is -0.119. The SMILES string of the molecule is C=C/C(=C\C(=C/CN(C)C)C(F)(F)F)NC(=O)Cc1ccc(C)c(N(N)/C=C(\N)c2cnn(C)c2C)c1. The van der Waals surface area contributed by atoms with Crippen molar-refractivity contribution in [1.82, 2.24) is 20.0 Å². The molecule has 0 atom stereocenters. The summed E-state index contributed by atoms with van der Waals surface area (Å²) in [6.45, 7) is 7.35. The lowest BCUT2D eigenvalue weighted by Gasteiger charge is -2.19. The second-order valence-electron chi connectivity index (χ2n) is 8.83. The third-order valence-corrected chi connectivity index (χ3v) is 5.56. The summed E-state index contributed by atoms with van der Waals surface area (Å²) in [5.74, 6) is 5.75. The number of rotatable bonds is 10. The molecule has 0 fully saturated rings. The van der Waals surface area contributed by atoms with Gasteiger partial charge in [0.25, 0.3) is 0 Å². The van der Waals surface area contributed by atoms with Crippen LogP contribution in [0.2, 0.25) is 0 Å². The Morgan fingerprint density at radius 3 is 2.49 bits per heavy atom. The molecule has 8 nitrogen and oxygen atoms in total. The number of aromatic nitrogens is 2. The maximum absolute atomic E-state index is 13.4. The first-order valence-electron chi connectivity index (χ1n) is 11.4. The topological polar surface area (TPSA) is 105 Å². The number of carbonyl (C=O) groups excluding carboxylic acids is 1. The Morgan fingerprint density at radius 1 is 1.27 bits per heavy atom. The molecule has 1 aromatic heterocycles. The van der Waals surface area contributed by atoms with Crippen molar-refractivity contribution in [2.24, 2.45) is 18.6 Å². The number of allylic oxidation sites excluding steroid dienone is 3. The predicted molar refractivity (Wildman–Crippen MR) is 141 cm³/mol. The molecule has 1 heterocycles. The van der Waals surface area contributed by atoms with E-state index in [2.05, 4.69) is 17.0 Å². The first kappa shape index (κ1) is 29.4. The van der Waals surface area contributed by atoms with Gasteiger partial charge in [-0.3, -0.25) is 14.5 Å². The van der Waals surface area contributed by atoms with Gasteiger partial charge in [-0.1, -0.05) is 24.8 Å². The highest BCUT2D eigenvalue weighted by atomic mass is 19.4. The minimum Gasteiger partial charge on any atom is -0.397 e. The number of nitrogens with two attached hydrogens (primary N) is 2. The highest BCUT2D eigenvalue weighted by Crippen LogP contribution is 2.27. The number of hydrogen-bond donors (Lipinski definition) is 3. The predicted octanol–water partition coefficient (Wildman–Crippen LogP) is 3.45. The zero-order chi connectivity index (χ0) is 27.9. The summed E-state index contributed by atoms with van der Waals surface area (Å²) >= 11 is 0. The van der Waals surface area contributed by atoms with Crippen LogP contribution in [0.3, 0.4) is 0 Å². The van der Waals surface area contributed by atoms with Crippen molar-refractivity contribution in [3.63, 3.8) is 0 Å². The summed E-state index contributed by atoms with van der Waals surface area (Å²) in [7, 11) is 5.13. The molecular weight excluding hydrogens is 483 g/mol. The van der Waals surface area contributed by atoms with Gasteiger partial charge in [0.1, 0.15) is 0 Å². The molecule has 0 saturated carbocycles. The molecule has 11 heteroatoms. The maximum Gasteiger partial charge on any atom is 0.416 e. The fourth-order valence-electron chi connectivity index (χ4n) is 3.36. The summed E-state index contributed by atoms with van der Waals surface area (Å²) in [4.78, 5) is 14.3. The van der Waals surface area contributed by atoms with Gasteiger partial charge in [0.15, 0.2) is 0 Å². The van der Waals surface area contributed by atoms with Crippen molar-refractivity contribution >= 4 is 17.3 Å². The molecule has 5 N–H and O–H groups in total. The number of nitrogens with zero attached hydrogens (tertiary/aromatic N) is 4. The van der Waals surface area contributed by atoms with Gasteiger partial charge in [-0.05, 0) is 57.3 Å². The number of carbonyl (C=O) groups is 1. The molecule has 2 aromatic rings. The Morgan fingerprint density at radius 2 is 1.95 bits per heavy atom. The Balaban J connectivity index is 2.22. The number of aryl methyl sites for hydroxylation is 2. The molecule has 1 amide bonds. The van der Waals surface area contributed by atoms with E-state index in [9.17, 15) is 18.0 Å². The molecule has 0 aliphatic rings. The van der Waals surface area contributed by atoms with E-state index in [0.29, 0.717) is 16.9 Å². The van der Waals surface area contributed by atoms with E-state index >= 15 is 0 Å². The molecule has 200 valence electrons. The van der Waals surface area contributed by atoms with Crippen LogP contribution in [0.5, 0.6) is 0 Å². The van der Waals surface area contributed by atoms with Gasteiger partial charge in [-0.15, -0.1) is 0 Å². The Bertz CT molecular complexity index is 1220. The number of anilines is 1. The molecule has 0 spiro atoms. The normalized spacial score (nSPS) is 13.2. The van der Waals surface area contributed by atoms with Gasteiger partial charge in [0.2, 0.25) is 5.91 Å². The number of amides is 1. The quantitative estimate of drug-likeness (QED) is 0.253. The molecule has 0 unspecified atom stereocenters. The summed E-state index contributed by atoms with van der Waals surface area (Å²) in [5.41, 5.74) is 9.38. The number of hydrogen-bond acceptors (Lipinski definition) is 6. The summed E-state index contributed by atoms with van der Waals surface area (Å²) in [6, 6.07) is 5.28. The zero-order valence-electron chi connectivity index (χ0n) is 21.7. The second kappa shape index (κ2) is 12.4. The van der Waals surface area contributed by atoms with Gasteiger partial charge in [-0.2, -0.15) is 18.3 Å². The highest BCUT2D eigenvalue weighted by molar-refractivity contribution is 5.81. The van der Waals surface area contributed by atoms with E-state index in [1.165, 1.54) is 11.1 Å². The molecule has 1 aromatic carbocycles. The van der Waals surface area contributed by atoms with E-state index in [1.54, 1.807) is 54.3 Å². The van der Waals surface area contributed by atoms with Crippen LogP contribution in [-0.4, -0.2) is 47.4 Å². The number of alkyl halides is 3. The molecule has 0 bridgehead atoms. The van der Waals surface area contributed by atoms with Crippen molar-refractivity contribution in [1.29, 1.82) is 0 Å². The highest BCUT2D eigenvalue weighted by Gasteiger charge is 2.32. The van der Waals surface area contributed by atoms with Crippen LogP contribution < -0.4 is 21.9 Å². The minimum atomic E-state index is -4.57. The monoisotopic (exact) mass is 517 g/mol. The number of benzene rings is 1. The van der Waals surface area contributed by atoms with Crippen LogP contribution in [0, 0.1) is 13.8 Å². The summed E-state index contributed by atoms with van der Waals surface area (Å²) in [5, 5.41) is 8.03. The minimum absolute atomic E-state index is 0.0531. The number of nitrogens with one attached hydrogen (secondary N) is 1. The molecular formula is C26H34F3N7O. The van der Waals surface area contributed by atoms with E-state index in [1.807, 2.05) is 20.9 Å². The van der Waals surface area contributed by atoms with E-state index < -0.39 is 17.7 Å². The fourth-order valence-corrected chi connectivity index (χ4v) is 3.36. The van der Waals surface area contributed by atoms with Gasteiger partial charge in [0.05, 0.1) is 29.6 Å². The lowest BCUT2D eigenvalue weighted by Crippen LogP contribution is -2.27. The van der Waals surface area contributed by atoms with Crippen LogP contribution in [0.15, 0.2) is 66.7 Å². The first-order valence-corrected chi connectivity index (χ1v) is 11.4. The van der Waals surface area contributed by atoms with Crippen LogP contribution in [0.1, 0.15) is 22.4 Å². The maximum atomic E-state index is 13.4. The van der Waals surface area contributed by atoms with Crippen molar-refractivity contribution in [3.05, 3.63) is 89.1 Å². The number of hydrazine groups is 1. The second-order valence-corrected chi connectivity index (χ2v) is 8.83.